The fourth-order valence-electron chi connectivity index (χ4n) is 13.4. The van der Waals surface area contributed by atoms with E-state index in [2.05, 4.69) is 23.4 Å². The van der Waals surface area contributed by atoms with Gasteiger partial charge in [-0.25, -0.2) is 4.98 Å². The Balaban J connectivity index is 0.0000170. The van der Waals surface area contributed by atoms with Gasteiger partial charge in [-0.2, -0.15) is 18.2 Å². The Kier molecular flexibility index (Phi) is 8.30. The predicted molar refractivity (Wildman–Crippen MR) is 441 cm³/mol. The van der Waals surface area contributed by atoms with Crippen LogP contribution in [0.25, 0.3) is 61.2 Å². The molecule has 0 saturated heterocycles. The van der Waals surface area contributed by atoms with E-state index in [0.29, 0.717) is 20.9 Å². The molecule has 3 aromatic heterocycles. The van der Waals surface area contributed by atoms with Gasteiger partial charge in [0, 0.05) is 54.0 Å². The minimum Gasteiger partial charge on any atom is -0.510 e. The third kappa shape index (κ3) is 11.4. The van der Waals surface area contributed by atoms with E-state index in [1.807, 2.05) is 0 Å². The van der Waals surface area contributed by atoms with Gasteiger partial charge in [0.05, 0.1) is 85.3 Å². The molecule has 18 rings (SSSR count). The first-order valence-corrected chi connectivity index (χ1v) is 37.5. The van der Waals surface area contributed by atoms with E-state index < -0.39 is 435 Å². The molecule has 0 aliphatic heterocycles. The van der Waals surface area contributed by atoms with E-state index >= 15 is 0 Å². The molecule has 15 aromatic carbocycles. The molecule has 508 valence electrons. The zero-order valence-corrected chi connectivity index (χ0v) is 59.1. The number of pyridine rings is 1. The maximum atomic E-state index is 10.6. The molecule has 0 unspecified atom stereocenters. The monoisotopic (exact) mass is 1640 g/mol. The van der Waals surface area contributed by atoms with Crippen molar-refractivity contribution in [1.82, 2.24) is 14.1 Å². The first kappa shape index (κ1) is 30.5. The molecule has 9 heteroatoms. The Morgan fingerprint density at radius 3 is 1.27 bits per heavy atom. The minimum absolute atomic E-state index is 0. The van der Waals surface area contributed by atoms with E-state index in [1.165, 1.54) is 28.8 Å². The number of hydrogen-bond donors (Lipinski definition) is 0. The zero-order valence-electron chi connectivity index (χ0n) is 107. The van der Waals surface area contributed by atoms with Gasteiger partial charge >= 0.3 is 0 Å². The van der Waals surface area contributed by atoms with Crippen molar-refractivity contribution in [3.63, 3.8) is 0 Å². The van der Waals surface area contributed by atoms with Crippen LogP contribution in [0.5, 0.6) is 11.5 Å². The average molecular weight is 1640 g/mol. The van der Waals surface area contributed by atoms with E-state index in [4.69, 9.17) is 19.8 Å². The largest absolute Gasteiger partial charge is 0.510 e. The zero-order chi connectivity index (χ0) is 116. The Bertz CT molecular complexity index is 8480. The molecule has 0 aliphatic carbocycles. The van der Waals surface area contributed by atoms with Crippen LogP contribution >= 0.6 is 0 Å². The van der Waals surface area contributed by atoms with Gasteiger partial charge in [-0.15, -0.1) is 29.7 Å². The van der Waals surface area contributed by atoms with Crippen LogP contribution in [-0.4, -0.2) is 38.3 Å². The Morgan fingerprint density at radius 1 is 0.387 bits per heavy atom. The van der Waals surface area contributed by atoms with Gasteiger partial charge in [-0.05, 0) is 103 Å². The van der Waals surface area contributed by atoms with E-state index in [1.54, 1.807) is 24.3 Å². The van der Waals surface area contributed by atoms with Gasteiger partial charge < -0.3 is 13.9 Å². The number of rotatable bonds is 18. The number of para-hydroxylation sites is 2. The summed E-state index contributed by atoms with van der Waals surface area (Å²) in [7, 11) is -21.2. The number of hydrogen-bond acceptors (Lipinski definition) is 2. The van der Waals surface area contributed by atoms with Crippen LogP contribution in [0.2, 0.25) is 0 Å². The summed E-state index contributed by atoms with van der Waals surface area (Å²) in [4.78, 5) is 4.66. The summed E-state index contributed by atoms with van der Waals surface area (Å²) >= 11 is 0. The first-order valence-electron chi connectivity index (χ1n) is 58.0. The van der Waals surface area contributed by atoms with Gasteiger partial charge in [-0.3, -0.25) is 4.57 Å². The molecular formula is C97H70N4OPtSi3-2. The van der Waals surface area contributed by atoms with Crippen LogP contribution < -0.4 is 71.5 Å². The third-order valence-corrected chi connectivity index (χ3v) is 30.3. The molecule has 0 radical (unpaired) electrons. The van der Waals surface area contributed by atoms with E-state index in [0.717, 1.165) is 59.3 Å². The van der Waals surface area contributed by atoms with Crippen LogP contribution in [0.1, 0.15) is 78.2 Å². The summed E-state index contributed by atoms with van der Waals surface area (Å²) in [5.74, 6) is -0.986. The molecule has 5 nitrogen and oxygen atoms in total. The topological polar surface area (TPSA) is 35.9 Å². The smallest absolute Gasteiger partial charge is 0.268 e. The van der Waals surface area contributed by atoms with Crippen molar-refractivity contribution in [2.24, 2.45) is 0 Å². The standard InChI is InChI=1S/C97H70N4OSi3.Pt/c1-72-66-96(98-70-89(72)73-36-12-2-13-37-73)101-90-59-33-32-58-87(90)88-64-62-76(68-92(88)101)102-75-39-34-38-74(67-75)99-71-100(91-65-63-86(69-93(91)99)103(77-40-14-3-15-41-77,78-42-16-4-17-43-78)79-44-18-5-19-45-79)97-94(104(80-46-20-6-21-47-80,81-48-22-7-23-49-81)82-50-24-8-25-51-82)60-35-61-95(97)105(83-52-26-9-27-53-83,84-54-28-10-29-55-84)85-56-30-11-31-57-85;/h2-66,69-70H,1H3;/q-2;/i1D3,2D,3D,4D,5D,6D,7D,8D,9D,10D,11D,12D,13D,14D,15D,16D,17D,18D,19D,20D,21D,22D,23D,24D,25D,26D,27D,28D,29D,30D,31D,36D,37D,40D,41D,42D,43D,44D,45D,46D,47D,48D,49D,50D,51D,52D,53D,54D,55D,56D,57D;. The number of aryl methyl sites for hydroxylation is 1. The molecule has 0 N–H and O–H groups in total. The molecule has 0 bridgehead atoms. The summed E-state index contributed by atoms with van der Waals surface area (Å²) in [6, 6.07) is -41.6. The second-order valence-corrected chi connectivity index (χ2v) is 33.6. The summed E-state index contributed by atoms with van der Waals surface area (Å²) < 4.78 is 526. The maximum Gasteiger partial charge on any atom is 0.268 e. The molecule has 0 fully saturated rings. The van der Waals surface area contributed by atoms with E-state index in [9.17, 15) is 57.6 Å². The van der Waals surface area contributed by atoms with Gasteiger partial charge in [-0.1, -0.05) is 362 Å². The van der Waals surface area contributed by atoms with Crippen LogP contribution in [0, 0.1) is 25.3 Å². The fourth-order valence-corrected chi connectivity index (χ4v) is 25.4. The maximum absolute atomic E-state index is 10.6. The van der Waals surface area contributed by atoms with Crippen molar-refractivity contribution < 1.29 is 103 Å². The Labute approximate surface area is 710 Å². The average Bonchev–Trinajstić information content (AvgIpc) is 1.44. The van der Waals surface area contributed by atoms with Crippen LogP contribution in [0.15, 0.2) is 405 Å². The van der Waals surface area contributed by atoms with Gasteiger partial charge in [0.2, 0.25) is 0 Å². The number of fused-ring (bicyclic) bond motifs is 4. The van der Waals surface area contributed by atoms with Gasteiger partial charge in [0.25, 0.3) is 6.33 Å². The summed E-state index contributed by atoms with van der Waals surface area (Å²) in [6.07, 6.45) is 4.11. The summed E-state index contributed by atoms with van der Waals surface area (Å²) in [5, 5.41) is -14.3. The fraction of sp³-hybridized carbons (Fsp3) is 0.0103. The van der Waals surface area contributed by atoms with Crippen LogP contribution in [0.3, 0.4) is 0 Å². The Hall–Kier alpha value is -12.1. The van der Waals surface area contributed by atoms with Gasteiger partial charge in [0.1, 0.15) is 5.82 Å². The molecule has 0 spiro atoms. The molecule has 3 heterocycles. The molecule has 0 aliphatic rings. The van der Waals surface area contributed by atoms with Gasteiger partial charge in [0.15, 0.2) is 24.2 Å². The van der Waals surface area contributed by atoms with Crippen LogP contribution in [0.4, 0.5) is 0 Å². The van der Waals surface area contributed by atoms with Crippen molar-refractivity contribution in [2.75, 3.05) is 0 Å². The SMILES string of the molecule is [2H]c1c([2H])c([2H])c(-c2cnc(-n3c4[c-]c(Oc5[c-]c(-n6[c-][n+](-c7c([Si](c8c([2H])c([2H])c([2H])c([2H])c8[2H])(c8c([2H])c([2H])c([2H])c([2H])c8[2H])c8c([2H])c([2H])c([2H])c([2H])c8[2H])cccc7[Si](c7c([2H])c([2H])c([2H])c([2H])c7[2H])(c7c([2H])c([2H])c([2H])c([2H])c7[2H])c7c([2H])c([2H])c([2H])c([2H])c7[2H])c7ccc([Si](c8c([2H])c([2H])c([2H])c([2H])c8[2H])(c8c([2H])c([2H])c([2H])c([2H])c8[2H])c8c([2H])c([2H])c([2H])c([2H])c8[2H])cc76)ccc5)ccc4c4ccccc43)cc2C([2H])([2H])[2H])c([2H])c1[2H].[Pt]. The normalized spacial score (nSPS) is 18.9. The van der Waals surface area contributed by atoms with Crippen molar-refractivity contribution in [3.8, 4) is 39.8 Å². The molecule has 0 amide bonds. The number of benzene rings is 15. The van der Waals surface area contributed by atoms with Crippen molar-refractivity contribution in [1.29, 1.82) is 0 Å². The summed E-state index contributed by atoms with van der Waals surface area (Å²) in [6.45, 7) is -3.14. The molecule has 0 saturated carbocycles. The number of imidazole rings is 1. The van der Waals surface area contributed by atoms with Crippen molar-refractivity contribution in [2.45, 2.75) is 6.85 Å². The predicted octanol–water partition coefficient (Wildman–Crippen LogP) is 13.7. The summed E-state index contributed by atoms with van der Waals surface area (Å²) in [5.41, 5.74) is -4.63. The quantitative estimate of drug-likeness (QED) is 0.0371. The van der Waals surface area contributed by atoms with Crippen molar-refractivity contribution in [3.05, 3.63) is 429 Å². The number of ether oxygens (including phenoxy) is 1. The molecule has 18 aromatic rings. The molecular weight excluding hydrogens is 1520 g/mol. The number of nitrogens with zero attached hydrogens (tertiary/aromatic N) is 4. The minimum atomic E-state index is -7.28. The first-order chi connectivity index (χ1) is 73.9. The number of aromatic nitrogens is 4. The van der Waals surface area contributed by atoms with E-state index in [-0.39, 0.29) is 43.7 Å². The van der Waals surface area contributed by atoms with Crippen LogP contribution in [-0.2, 0) is 21.1 Å². The molecule has 106 heavy (non-hydrogen) atoms. The third-order valence-electron chi connectivity index (χ3n) is 17.7. The second-order valence-electron chi connectivity index (χ2n) is 23.0. The second kappa shape index (κ2) is 28.8. The molecule has 0 atom stereocenters. The van der Waals surface area contributed by atoms with Crippen molar-refractivity contribution >= 4 is 119 Å². The Morgan fingerprint density at radius 2 is 0.811 bits per heavy atom.